The quantitative estimate of drug-likeness (QED) is 0.379. The Kier molecular flexibility index (Phi) is 9.98. The zero-order chi connectivity index (χ0) is 16.3. The van der Waals surface area contributed by atoms with Crippen molar-refractivity contribution in [3.05, 3.63) is 12.3 Å². The van der Waals surface area contributed by atoms with Crippen LogP contribution in [0.25, 0.3) is 0 Å². The number of hydrogen-bond acceptors (Lipinski definition) is 6. The average molecular weight is 316 g/mol. The van der Waals surface area contributed by atoms with Gasteiger partial charge >= 0.3 is 8.80 Å². The first-order valence-electron chi connectivity index (χ1n) is 6.91. The van der Waals surface area contributed by atoms with E-state index in [9.17, 15) is 14.4 Å². The number of aldehydes is 3. The maximum atomic E-state index is 10.6. The van der Waals surface area contributed by atoms with E-state index in [4.69, 9.17) is 13.3 Å². The summed E-state index contributed by atoms with van der Waals surface area (Å²) in [5.41, 5.74) is 1.46. The maximum absolute atomic E-state index is 10.6. The fourth-order valence-electron chi connectivity index (χ4n) is 1.62. The van der Waals surface area contributed by atoms with E-state index in [1.165, 1.54) is 5.70 Å². The van der Waals surface area contributed by atoms with Gasteiger partial charge in [-0.3, -0.25) is 0 Å². The number of carbonyl (C=O) groups is 3. The van der Waals surface area contributed by atoms with Crippen LogP contribution in [0.4, 0.5) is 0 Å². The van der Waals surface area contributed by atoms with Crippen molar-refractivity contribution < 1.29 is 27.7 Å². The molecule has 0 N–H and O–H groups in total. The molecule has 0 aliphatic carbocycles. The minimum absolute atomic E-state index is 0.194. The van der Waals surface area contributed by atoms with Gasteiger partial charge in [0.1, 0.15) is 18.9 Å². The second-order valence-electron chi connectivity index (χ2n) is 4.80. The van der Waals surface area contributed by atoms with Gasteiger partial charge in [0, 0.05) is 19.3 Å². The molecule has 0 amide bonds. The summed E-state index contributed by atoms with van der Waals surface area (Å²) < 4.78 is 17.3. The molecule has 0 radical (unpaired) electrons. The Morgan fingerprint density at radius 1 is 0.810 bits per heavy atom. The summed E-state index contributed by atoms with van der Waals surface area (Å²) in [7, 11) is -3.28. The van der Waals surface area contributed by atoms with Crippen LogP contribution in [0.3, 0.4) is 0 Å². The third-order valence-electron chi connectivity index (χ3n) is 2.63. The molecule has 0 heterocycles. The lowest BCUT2D eigenvalue weighted by Crippen LogP contribution is -2.50. The predicted octanol–water partition coefficient (Wildman–Crippen LogP) is 1.63. The van der Waals surface area contributed by atoms with Crippen molar-refractivity contribution in [2.75, 3.05) is 0 Å². The van der Waals surface area contributed by atoms with E-state index in [1.807, 2.05) is 0 Å². The summed E-state index contributed by atoms with van der Waals surface area (Å²) >= 11 is 0. The van der Waals surface area contributed by atoms with E-state index >= 15 is 0 Å². The normalized spacial score (nSPS) is 18.0. The van der Waals surface area contributed by atoms with Crippen molar-refractivity contribution >= 4 is 27.7 Å². The van der Waals surface area contributed by atoms with E-state index in [-0.39, 0.29) is 19.3 Å². The van der Waals surface area contributed by atoms with Gasteiger partial charge in [-0.05, 0) is 26.5 Å². The van der Waals surface area contributed by atoms with Gasteiger partial charge in [-0.25, -0.2) is 0 Å². The molecule has 3 atom stereocenters. The Hall–Kier alpha value is -1.15. The minimum atomic E-state index is -3.28. The Bertz CT molecular complexity index is 301. The molecule has 21 heavy (non-hydrogen) atoms. The highest BCUT2D eigenvalue weighted by atomic mass is 28.4. The maximum Gasteiger partial charge on any atom is 0.529 e. The van der Waals surface area contributed by atoms with Gasteiger partial charge in [0.2, 0.25) is 0 Å². The first-order valence-corrected chi connectivity index (χ1v) is 8.71. The van der Waals surface area contributed by atoms with Gasteiger partial charge < -0.3 is 27.7 Å². The SMILES string of the molecule is C=C[Si](OC(C)CC=O)(OC(C)CC=O)OC(C)CC=O. The van der Waals surface area contributed by atoms with Crippen LogP contribution in [0, 0.1) is 0 Å². The van der Waals surface area contributed by atoms with Crippen molar-refractivity contribution in [3.63, 3.8) is 0 Å². The fourth-order valence-corrected chi connectivity index (χ4v) is 4.05. The molecule has 0 rings (SSSR count). The van der Waals surface area contributed by atoms with Crippen LogP contribution in [0.2, 0.25) is 0 Å². The van der Waals surface area contributed by atoms with E-state index in [0.717, 1.165) is 18.9 Å². The number of hydrogen-bond donors (Lipinski definition) is 0. The van der Waals surface area contributed by atoms with E-state index < -0.39 is 27.1 Å². The summed E-state index contributed by atoms with van der Waals surface area (Å²) in [4.78, 5) is 31.7. The lowest BCUT2D eigenvalue weighted by molar-refractivity contribution is -0.109. The third kappa shape index (κ3) is 8.01. The lowest BCUT2D eigenvalue weighted by Gasteiger charge is -2.33. The molecule has 7 heteroatoms. The molecule has 0 aromatic rings. The van der Waals surface area contributed by atoms with Crippen molar-refractivity contribution in [3.8, 4) is 0 Å². The molecule has 0 aromatic heterocycles. The second kappa shape index (κ2) is 10.6. The molecule has 120 valence electrons. The molecule has 0 bridgehead atoms. The van der Waals surface area contributed by atoms with Gasteiger partial charge in [-0.2, -0.15) is 0 Å². The first-order chi connectivity index (χ1) is 9.92. The molecular formula is C14H24O6Si. The van der Waals surface area contributed by atoms with Crippen LogP contribution in [0.15, 0.2) is 12.3 Å². The predicted molar refractivity (Wildman–Crippen MR) is 79.6 cm³/mol. The molecule has 0 aromatic carbocycles. The van der Waals surface area contributed by atoms with Crippen LogP contribution in [0.5, 0.6) is 0 Å². The standard InChI is InChI=1S/C14H24O6Si/c1-5-21(18-12(2)6-9-15,19-13(3)7-10-16)20-14(4)8-11-17/h5,9-14H,1,6-8H2,2-4H3. The first kappa shape index (κ1) is 19.8. The van der Waals surface area contributed by atoms with Crippen molar-refractivity contribution in [1.29, 1.82) is 0 Å². The molecular weight excluding hydrogens is 292 g/mol. The molecule has 6 nitrogen and oxygen atoms in total. The van der Waals surface area contributed by atoms with Gasteiger partial charge in [0.05, 0.1) is 18.3 Å². The fraction of sp³-hybridized carbons (Fsp3) is 0.643. The highest BCUT2D eigenvalue weighted by Gasteiger charge is 2.42. The monoisotopic (exact) mass is 316 g/mol. The van der Waals surface area contributed by atoms with Crippen LogP contribution in [-0.2, 0) is 27.7 Å². The van der Waals surface area contributed by atoms with E-state index in [1.54, 1.807) is 20.8 Å². The Labute approximate surface area is 126 Å². The molecule has 0 aliphatic heterocycles. The summed E-state index contributed by atoms with van der Waals surface area (Å²) in [6.07, 6.45) is 1.61. The van der Waals surface area contributed by atoms with Crippen LogP contribution < -0.4 is 0 Å². The largest absolute Gasteiger partial charge is 0.529 e. The van der Waals surface area contributed by atoms with E-state index in [2.05, 4.69) is 6.58 Å². The number of rotatable bonds is 13. The summed E-state index contributed by atoms with van der Waals surface area (Å²) in [5, 5.41) is 0. The molecule has 0 saturated heterocycles. The van der Waals surface area contributed by atoms with Gasteiger partial charge in [-0.1, -0.05) is 6.58 Å². The van der Waals surface area contributed by atoms with Gasteiger partial charge in [0.15, 0.2) is 0 Å². The topological polar surface area (TPSA) is 78.9 Å². The van der Waals surface area contributed by atoms with Crippen LogP contribution in [0.1, 0.15) is 40.0 Å². The summed E-state index contributed by atoms with van der Waals surface area (Å²) in [6.45, 7) is 8.86. The van der Waals surface area contributed by atoms with Crippen LogP contribution in [-0.4, -0.2) is 46.0 Å². The third-order valence-corrected chi connectivity index (χ3v) is 5.32. The van der Waals surface area contributed by atoms with Crippen molar-refractivity contribution in [2.45, 2.75) is 58.3 Å². The Morgan fingerprint density at radius 3 is 1.29 bits per heavy atom. The van der Waals surface area contributed by atoms with E-state index in [0.29, 0.717) is 0 Å². The smallest absolute Gasteiger partial charge is 0.367 e. The highest BCUT2D eigenvalue weighted by molar-refractivity contribution is 6.66. The minimum Gasteiger partial charge on any atom is -0.367 e. The average Bonchev–Trinajstić information content (AvgIpc) is 2.39. The summed E-state index contributed by atoms with van der Waals surface area (Å²) in [5.74, 6) is 0. The molecule has 0 aliphatic rings. The molecule has 0 fully saturated rings. The van der Waals surface area contributed by atoms with Crippen molar-refractivity contribution in [1.82, 2.24) is 0 Å². The second-order valence-corrected chi connectivity index (χ2v) is 7.12. The zero-order valence-corrected chi connectivity index (χ0v) is 13.8. The van der Waals surface area contributed by atoms with Crippen LogP contribution >= 0.6 is 0 Å². The van der Waals surface area contributed by atoms with Crippen molar-refractivity contribution in [2.24, 2.45) is 0 Å². The highest BCUT2D eigenvalue weighted by Crippen LogP contribution is 2.21. The molecule has 0 saturated carbocycles. The Morgan fingerprint density at radius 2 is 1.10 bits per heavy atom. The lowest BCUT2D eigenvalue weighted by atomic mass is 10.3. The summed E-state index contributed by atoms with van der Waals surface area (Å²) in [6, 6.07) is 0. The number of carbonyl (C=O) groups excluding carboxylic acids is 3. The zero-order valence-electron chi connectivity index (χ0n) is 12.8. The molecule has 3 unspecified atom stereocenters. The Balaban J connectivity index is 5.05. The van der Waals surface area contributed by atoms with Gasteiger partial charge in [0.25, 0.3) is 0 Å². The molecule has 0 spiro atoms. The van der Waals surface area contributed by atoms with Gasteiger partial charge in [-0.15, -0.1) is 0 Å².